The van der Waals surface area contributed by atoms with E-state index in [1.807, 2.05) is 0 Å². The first-order chi connectivity index (χ1) is 9.56. The van der Waals surface area contributed by atoms with Crippen molar-refractivity contribution in [3.63, 3.8) is 0 Å². The van der Waals surface area contributed by atoms with Crippen LogP contribution in [0.15, 0.2) is 18.2 Å². The van der Waals surface area contributed by atoms with Crippen molar-refractivity contribution in [3.05, 3.63) is 35.4 Å². The molecule has 1 fully saturated rings. The first kappa shape index (κ1) is 14.9. The maximum atomic E-state index is 13.6. The minimum Gasteiger partial charge on any atom is -0.349 e. The molecule has 1 saturated carbocycles. The lowest BCUT2D eigenvalue weighted by atomic mass is 9.87. The second-order valence-electron chi connectivity index (χ2n) is 5.66. The van der Waals surface area contributed by atoms with Crippen LogP contribution in [0, 0.1) is 17.6 Å². The molecule has 1 N–H and O–H groups in total. The lowest BCUT2D eigenvalue weighted by Crippen LogP contribution is -2.29. The zero-order valence-corrected chi connectivity index (χ0v) is 11.8. The third-order valence-electron chi connectivity index (χ3n) is 4.01. The number of carbonyl (C=O) groups is 1. The summed E-state index contributed by atoms with van der Waals surface area (Å²) in [6.07, 6.45) is 6.36. The number of nitrogens with one attached hydrogen (secondary N) is 1. The summed E-state index contributed by atoms with van der Waals surface area (Å²) in [7, 11) is 0. The van der Waals surface area contributed by atoms with Crippen LogP contribution in [-0.4, -0.2) is 5.91 Å². The van der Waals surface area contributed by atoms with Gasteiger partial charge < -0.3 is 5.32 Å². The molecule has 0 saturated heterocycles. The van der Waals surface area contributed by atoms with Crippen molar-refractivity contribution in [1.82, 2.24) is 5.32 Å². The first-order valence-electron chi connectivity index (χ1n) is 7.30. The van der Waals surface area contributed by atoms with Gasteiger partial charge in [0.2, 0.25) is 5.91 Å². The first-order valence-corrected chi connectivity index (χ1v) is 7.30. The van der Waals surface area contributed by atoms with Crippen LogP contribution in [-0.2, 0) is 4.79 Å². The van der Waals surface area contributed by atoms with E-state index in [1.54, 1.807) is 6.92 Å². The van der Waals surface area contributed by atoms with Crippen molar-refractivity contribution >= 4 is 5.91 Å². The average molecular weight is 281 g/mol. The molecule has 1 aliphatic carbocycles. The van der Waals surface area contributed by atoms with Gasteiger partial charge in [-0.3, -0.25) is 4.79 Å². The van der Waals surface area contributed by atoms with Gasteiger partial charge in [0.15, 0.2) is 0 Å². The molecule has 4 heteroatoms. The Morgan fingerprint density at radius 2 is 2.00 bits per heavy atom. The Balaban J connectivity index is 1.89. The molecule has 0 spiro atoms. The fraction of sp³-hybridized carbons (Fsp3) is 0.562. The number of halogens is 2. The molecule has 0 heterocycles. The van der Waals surface area contributed by atoms with Gasteiger partial charge in [0, 0.05) is 18.1 Å². The van der Waals surface area contributed by atoms with Crippen molar-refractivity contribution in [2.75, 3.05) is 0 Å². The van der Waals surface area contributed by atoms with E-state index in [2.05, 4.69) is 5.32 Å². The number of amides is 1. The van der Waals surface area contributed by atoms with Gasteiger partial charge in [0.1, 0.15) is 11.6 Å². The van der Waals surface area contributed by atoms with Crippen molar-refractivity contribution in [2.45, 2.75) is 51.5 Å². The molecule has 20 heavy (non-hydrogen) atoms. The molecular formula is C16H21F2NO. The van der Waals surface area contributed by atoms with E-state index in [0.717, 1.165) is 18.9 Å². The summed E-state index contributed by atoms with van der Waals surface area (Å²) >= 11 is 0. The molecule has 0 aliphatic heterocycles. The number of hydrogen-bond acceptors (Lipinski definition) is 1. The summed E-state index contributed by atoms with van der Waals surface area (Å²) in [4.78, 5) is 12.0. The van der Waals surface area contributed by atoms with Gasteiger partial charge in [-0.05, 0) is 31.7 Å². The summed E-state index contributed by atoms with van der Waals surface area (Å²) in [5.74, 6) is -0.815. The smallest absolute Gasteiger partial charge is 0.220 e. The lowest BCUT2D eigenvalue weighted by molar-refractivity contribution is -0.122. The fourth-order valence-electron chi connectivity index (χ4n) is 2.88. The number of hydrogen-bond donors (Lipinski definition) is 1. The summed E-state index contributed by atoms with van der Waals surface area (Å²) in [6, 6.07) is 3.00. The van der Waals surface area contributed by atoms with Crippen LogP contribution in [0.1, 0.15) is 57.1 Å². The molecule has 1 aliphatic rings. The monoisotopic (exact) mass is 281 g/mol. The van der Waals surface area contributed by atoms with Crippen molar-refractivity contribution in [1.29, 1.82) is 0 Å². The van der Waals surface area contributed by atoms with Crippen LogP contribution >= 0.6 is 0 Å². The van der Waals surface area contributed by atoms with E-state index in [0.29, 0.717) is 17.9 Å². The number of carbonyl (C=O) groups excluding carboxylic acids is 1. The summed E-state index contributed by atoms with van der Waals surface area (Å²) in [5.41, 5.74) is 0.323. The largest absolute Gasteiger partial charge is 0.349 e. The molecule has 0 radical (unpaired) electrons. The van der Waals surface area contributed by atoms with Gasteiger partial charge >= 0.3 is 0 Å². The topological polar surface area (TPSA) is 29.1 Å². The highest BCUT2D eigenvalue weighted by Crippen LogP contribution is 2.26. The van der Waals surface area contributed by atoms with E-state index in [4.69, 9.17) is 0 Å². The van der Waals surface area contributed by atoms with Gasteiger partial charge in [0.05, 0.1) is 6.04 Å². The molecule has 1 amide bonds. The van der Waals surface area contributed by atoms with Gasteiger partial charge in [0.25, 0.3) is 0 Å². The van der Waals surface area contributed by atoms with Gasteiger partial charge in [-0.15, -0.1) is 0 Å². The third kappa shape index (κ3) is 4.02. The third-order valence-corrected chi connectivity index (χ3v) is 4.01. The maximum absolute atomic E-state index is 13.6. The molecule has 1 unspecified atom stereocenters. The second-order valence-corrected chi connectivity index (χ2v) is 5.66. The summed E-state index contributed by atoms with van der Waals surface area (Å²) < 4.78 is 26.5. The predicted octanol–water partition coefficient (Wildman–Crippen LogP) is 4.11. The van der Waals surface area contributed by atoms with Gasteiger partial charge in [-0.2, -0.15) is 0 Å². The molecule has 0 aromatic heterocycles. The highest BCUT2D eigenvalue weighted by Gasteiger charge is 2.19. The molecule has 0 bridgehead atoms. The van der Waals surface area contributed by atoms with Gasteiger partial charge in [-0.25, -0.2) is 8.78 Å². The standard InChI is InChI=1S/C16H21F2NO/c1-11(14-8-7-13(17)10-15(14)18)19-16(20)9-12-5-3-2-4-6-12/h7-8,10-12H,2-6,9H2,1H3,(H,19,20). The Morgan fingerprint density at radius 3 is 2.65 bits per heavy atom. The van der Waals surface area contributed by atoms with E-state index >= 15 is 0 Å². The fourth-order valence-corrected chi connectivity index (χ4v) is 2.88. The van der Waals surface area contributed by atoms with Crippen molar-refractivity contribution < 1.29 is 13.6 Å². The maximum Gasteiger partial charge on any atom is 0.220 e. The van der Waals surface area contributed by atoms with E-state index in [-0.39, 0.29) is 5.91 Å². The molecular weight excluding hydrogens is 260 g/mol. The van der Waals surface area contributed by atoms with Crippen LogP contribution < -0.4 is 5.32 Å². The Kier molecular flexibility index (Phi) is 5.10. The van der Waals surface area contributed by atoms with Crippen molar-refractivity contribution in [3.8, 4) is 0 Å². The quantitative estimate of drug-likeness (QED) is 0.884. The normalized spacial score (nSPS) is 17.8. The Hall–Kier alpha value is -1.45. The van der Waals surface area contributed by atoms with Crippen LogP contribution in [0.4, 0.5) is 8.78 Å². The Morgan fingerprint density at radius 1 is 1.30 bits per heavy atom. The van der Waals surface area contributed by atoms with Gasteiger partial charge in [-0.1, -0.05) is 25.3 Å². The van der Waals surface area contributed by atoms with E-state index < -0.39 is 17.7 Å². The molecule has 1 aromatic carbocycles. The molecule has 1 aromatic rings. The van der Waals surface area contributed by atoms with E-state index in [1.165, 1.54) is 31.4 Å². The minimum atomic E-state index is -0.615. The molecule has 2 rings (SSSR count). The van der Waals surface area contributed by atoms with Crippen molar-refractivity contribution in [2.24, 2.45) is 5.92 Å². The second kappa shape index (κ2) is 6.82. The summed E-state index contributed by atoms with van der Waals surface area (Å²) in [5, 5.41) is 2.80. The lowest BCUT2D eigenvalue weighted by Gasteiger charge is -2.22. The molecule has 110 valence electrons. The zero-order chi connectivity index (χ0) is 14.5. The van der Waals surface area contributed by atoms with Crippen LogP contribution in [0.25, 0.3) is 0 Å². The van der Waals surface area contributed by atoms with Crippen LogP contribution in [0.5, 0.6) is 0 Å². The Bertz CT molecular complexity index is 470. The SMILES string of the molecule is CC(NC(=O)CC1CCCCC1)c1ccc(F)cc1F. The van der Waals surface area contributed by atoms with Crippen LogP contribution in [0.2, 0.25) is 0 Å². The van der Waals surface area contributed by atoms with E-state index in [9.17, 15) is 13.6 Å². The zero-order valence-electron chi connectivity index (χ0n) is 11.8. The Labute approximate surface area is 118 Å². The predicted molar refractivity (Wildman–Crippen MR) is 74.1 cm³/mol. The summed E-state index contributed by atoms with van der Waals surface area (Å²) in [6.45, 7) is 1.72. The van der Waals surface area contributed by atoms with Crippen LogP contribution in [0.3, 0.4) is 0 Å². The average Bonchev–Trinajstić information content (AvgIpc) is 2.39. The minimum absolute atomic E-state index is 0.0480. The molecule has 2 nitrogen and oxygen atoms in total. The number of benzene rings is 1. The number of rotatable bonds is 4. The highest BCUT2D eigenvalue weighted by molar-refractivity contribution is 5.76. The molecule has 1 atom stereocenters. The highest BCUT2D eigenvalue weighted by atomic mass is 19.1.